The standard InChI is InChI=1S/C20H21ClN2O6S.Na/c21-15-2-5-18(6-3-15)30(27,28)23-16-9-13-1-4-17(11-14(13)10-16)29-12-19(24)22-8-7-20(25)26;/h1-6,11,16,23H,7-10,12H2,(H,22,24)(H,25,26);/q;+1/p-1. The minimum absolute atomic E-state index is 0. The van der Waals surface area contributed by atoms with Crippen molar-refractivity contribution in [1.82, 2.24) is 10.0 Å². The summed E-state index contributed by atoms with van der Waals surface area (Å²) in [5, 5.41) is 13.2. The Morgan fingerprint density at radius 3 is 2.45 bits per heavy atom. The van der Waals surface area contributed by atoms with Crippen LogP contribution in [0.1, 0.15) is 17.5 Å². The van der Waals surface area contributed by atoms with E-state index in [0.29, 0.717) is 23.6 Å². The summed E-state index contributed by atoms with van der Waals surface area (Å²) in [6, 6.07) is 11.0. The Balaban J connectivity index is 0.00000341. The van der Waals surface area contributed by atoms with Crippen LogP contribution in [-0.2, 0) is 32.5 Å². The molecular weight excluding hydrogens is 455 g/mol. The third-order valence-electron chi connectivity index (χ3n) is 4.58. The Kier molecular flexibility index (Phi) is 9.35. The van der Waals surface area contributed by atoms with E-state index in [1.807, 2.05) is 6.07 Å². The van der Waals surface area contributed by atoms with Gasteiger partial charge in [-0.25, -0.2) is 13.1 Å². The smallest absolute Gasteiger partial charge is 0.550 e. The molecule has 0 bridgehead atoms. The van der Waals surface area contributed by atoms with Gasteiger partial charge in [-0.05, 0) is 60.4 Å². The summed E-state index contributed by atoms with van der Waals surface area (Å²) in [5.41, 5.74) is 1.94. The Labute approximate surface area is 207 Å². The van der Waals surface area contributed by atoms with E-state index in [0.717, 1.165) is 11.1 Å². The van der Waals surface area contributed by atoms with Crippen molar-refractivity contribution in [3.05, 3.63) is 58.6 Å². The molecule has 0 aromatic heterocycles. The molecule has 31 heavy (non-hydrogen) atoms. The van der Waals surface area contributed by atoms with Crippen LogP contribution < -0.4 is 49.4 Å². The fraction of sp³-hybridized carbons (Fsp3) is 0.300. The molecule has 1 unspecified atom stereocenters. The van der Waals surface area contributed by atoms with Crippen molar-refractivity contribution in [2.24, 2.45) is 0 Å². The van der Waals surface area contributed by atoms with Gasteiger partial charge in [0.25, 0.3) is 5.91 Å². The molecule has 0 fully saturated rings. The molecule has 2 aromatic carbocycles. The van der Waals surface area contributed by atoms with E-state index in [1.165, 1.54) is 24.3 Å². The first-order valence-corrected chi connectivity index (χ1v) is 11.1. The number of carboxylic acid groups (broad SMARTS) is 1. The van der Waals surface area contributed by atoms with Crippen LogP contribution >= 0.6 is 11.6 Å². The van der Waals surface area contributed by atoms with Gasteiger partial charge >= 0.3 is 29.6 Å². The predicted octanol–water partition coefficient (Wildman–Crippen LogP) is -2.58. The average molecular weight is 475 g/mol. The number of fused-ring (bicyclic) bond motifs is 1. The number of benzene rings is 2. The van der Waals surface area contributed by atoms with Gasteiger partial charge in [-0.1, -0.05) is 17.7 Å². The topological polar surface area (TPSA) is 125 Å². The van der Waals surface area contributed by atoms with Crippen LogP contribution in [0.5, 0.6) is 5.75 Å². The predicted molar refractivity (Wildman–Crippen MR) is 108 cm³/mol. The quantitative estimate of drug-likeness (QED) is 0.385. The first kappa shape index (κ1) is 25.6. The van der Waals surface area contributed by atoms with Gasteiger partial charge in [-0.15, -0.1) is 0 Å². The third kappa shape index (κ3) is 7.48. The molecule has 0 heterocycles. The summed E-state index contributed by atoms with van der Waals surface area (Å²) in [7, 11) is -3.66. The number of halogens is 1. The minimum Gasteiger partial charge on any atom is -0.550 e. The number of carboxylic acids is 1. The van der Waals surface area contributed by atoms with E-state index in [-0.39, 0.29) is 60.1 Å². The van der Waals surface area contributed by atoms with Crippen LogP contribution in [0.4, 0.5) is 0 Å². The number of amides is 1. The molecule has 2 aromatic rings. The summed E-state index contributed by atoms with van der Waals surface area (Å²) in [6.45, 7) is -0.275. The van der Waals surface area contributed by atoms with Gasteiger partial charge in [0.15, 0.2) is 6.61 Å². The zero-order valence-electron chi connectivity index (χ0n) is 16.9. The zero-order valence-corrected chi connectivity index (χ0v) is 20.5. The van der Waals surface area contributed by atoms with E-state index in [9.17, 15) is 23.1 Å². The number of aliphatic carboxylic acids is 1. The average Bonchev–Trinajstić information content (AvgIpc) is 3.07. The molecule has 1 aliphatic rings. The van der Waals surface area contributed by atoms with E-state index in [1.54, 1.807) is 12.1 Å². The molecule has 3 rings (SSSR count). The fourth-order valence-corrected chi connectivity index (χ4v) is 4.53. The third-order valence-corrected chi connectivity index (χ3v) is 6.37. The molecular formula is C20H20ClN2NaO6S. The molecule has 160 valence electrons. The van der Waals surface area contributed by atoms with Crippen LogP contribution in [0.2, 0.25) is 5.02 Å². The van der Waals surface area contributed by atoms with Gasteiger partial charge < -0.3 is 20.0 Å². The zero-order chi connectivity index (χ0) is 21.7. The van der Waals surface area contributed by atoms with Crippen molar-refractivity contribution in [2.45, 2.75) is 30.2 Å². The Hall–Kier alpha value is -1.62. The van der Waals surface area contributed by atoms with Crippen LogP contribution in [0, 0.1) is 0 Å². The summed E-state index contributed by atoms with van der Waals surface area (Å²) < 4.78 is 33.3. The van der Waals surface area contributed by atoms with Crippen LogP contribution in [0.3, 0.4) is 0 Å². The molecule has 1 atom stereocenters. The second-order valence-electron chi connectivity index (χ2n) is 6.87. The number of carbonyl (C=O) groups is 2. The molecule has 11 heteroatoms. The van der Waals surface area contributed by atoms with Gasteiger partial charge in [0.1, 0.15) is 5.75 Å². The summed E-state index contributed by atoms with van der Waals surface area (Å²) in [6.07, 6.45) is 0.779. The molecule has 0 saturated carbocycles. The molecule has 1 aliphatic carbocycles. The van der Waals surface area contributed by atoms with Crippen molar-refractivity contribution in [2.75, 3.05) is 13.2 Å². The summed E-state index contributed by atoms with van der Waals surface area (Å²) >= 11 is 5.81. The van der Waals surface area contributed by atoms with Gasteiger partial charge in [0, 0.05) is 30.0 Å². The molecule has 0 saturated heterocycles. The molecule has 0 aliphatic heterocycles. The van der Waals surface area contributed by atoms with Crippen molar-refractivity contribution < 1.29 is 57.4 Å². The maximum Gasteiger partial charge on any atom is 1.00 e. The van der Waals surface area contributed by atoms with E-state index in [4.69, 9.17) is 16.3 Å². The second-order valence-corrected chi connectivity index (χ2v) is 9.02. The van der Waals surface area contributed by atoms with Crippen LogP contribution in [0.15, 0.2) is 47.4 Å². The number of hydrogen-bond donors (Lipinski definition) is 2. The number of carbonyl (C=O) groups excluding carboxylic acids is 2. The first-order chi connectivity index (χ1) is 14.2. The number of rotatable bonds is 9. The number of hydrogen-bond acceptors (Lipinski definition) is 6. The van der Waals surface area contributed by atoms with Gasteiger partial charge in [0.05, 0.1) is 4.90 Å². The van der Waals surface area contributed by atoms with Crippen molar-refractivity contribution in [1.29, 1.82) is 0 Å². The molecule has 1 amide bonds. The van der Waals surface area contributed by atoms with Gasteiger partial charge in [-0.3, -0.25) is 4.79 Å². The van der Waals surface area contributed by atoms with Crippen molar-refractivity contribution in [3.63, 3.8) is 0 Å². The summed E-state index contributed by atoms with van der Waals surface area (Å²) in [5.74, 6) is -1.20. The number of sulfonamides is 1. The van der Waals surface area contributed by atoms with Crippen molar-refractivity contribution in [3.8, 4) is 5.75 Å². The maximum atomic E-state index is 12.6. The minimum atomic E-state index is -3.66. The number of ether oxygens (including phenoxy) is 1. The largest absolute Gasteiger partial charge is 1.00 e. The Morgan fingerprint density at radius 2 is 1.77 bits per heavy atom. The second kappa shape index (κ2) is 11.3. The molecule has 8 nitrogen and oxygen atoms in total. The van der Waals surface area contributed by atoms with E-state index < -0.39 is 21.9 Å². The monoisotopic (exact) mass is 474 g/mol. The Morgan fingerprint density at radius 1 is 1.10 bits per heavy atom. The SMILES string of the molecule is O=C([O-])CCNC(=O)COc1ccc2c(c1)CC(NS(=O)(=O)c1ccc(Cl)cc1)C2.[Na+]. The van der Waals surface area contributed by atoms with Crippen LogP contribution in [-0.4, -0.2) is 39.5 Å². The van der Waals surface area contributed by atoms with E-state index >= 15 is 0 Å². The first-order valence-electron chi connectivity index (χ1n) is 9.22. The Bertz CT molecular complexity index is 1050. The molecule has 0 radical (unpaired) electrons. The normalized spacial score (nSPS) is 14.9. The van der Waals surface area contributed by atoms with Crippen LogP contribution in [0.25, 0.3) is 0 Å². The maximum absolute atomic E-state index is 12.6. The van der Waals surface area contributed by atoms with Gasteiger partial charge in [0.2, 0.25) is 10.0 Å². The van der Waals surface area contributed by atoms with Gasteiger partial charge in [-0.2, -0.15) is 0 Å². The van der Waals surface area contributed by atoms with E-state index in [2.05, 4.69) is 10.0 Å². The fourth-order valence-electron chi connectivity index (χ4n) is 3.17. The molecule has 0 spiro atoms. The number of nitrogens with one attached hydrogen (secondary N) is 2. The van der Waals surface area contributed by atoms with Crippen molar-refractivity contribution >= 4 is 33.5 Å². The summed E-state index contributed by atoms with van der Waals surface area (Å²) in [4.78, 5) is 22.1. The molecule has 2 N–H and O–H groups in total.